The molecule has 2 aliphatic heterocycles. The Morgan fingerprint density at radius 1 is 1.10 bits per heavy atom. The van der Waals surface area contributed by atoms with Gasteiger partial charge < -0.3 is 19.4 Å². The number of morpholine rings is 1. The first-order valence-corrected chi connectivity index (χ1v) is 13.7. The zero-order valence-electron chi connectivity index (χ0n) is 23.0. The summed E-state index contributed by atoms with van der Waals surface area (Å²) in [7, 11) is 0. The summed E-state index contributed by atoms with van der Waals surface area (Å²) in [5.74, 6) is -0.842. The molecule has 4 aromatic rings. The number of aromatic nitrogens is 3. The van der Waals surface area contributed by atoms with Gasteiger partial charge in [0, 0.05) is 68.5 Å². The van der Waals surface area contributed by atoms with E-state index in [0.29, 0.717) is 63.0 Å². The van der Waals surface area contributed by atoms with Crippen molar-refractivity contribution in [3.8, 4) is 0 Å². The van der Waals surface area contributed by atoms with Gasteiger partial charge in [0.25, 0.3) is 5.91 Å². The van der Waals surface area contributed by atoms with Crippen molar-refractivity contribution < 1.29 is 18.3 Å². The van der Waals surface area contributed by atoms with Crippen LogP contribution < -0.4 is 15.1 Å². The zero-order valence-corrected chi connectivity index (χ0v) is 23.0. The maximum Gasteiger partial charge on any atom is 0.255 e. The van der Waals surface area contributed by atoms with Gasteiger partial charge in [-0.2, -0.15) is 0 Å². The number of fused-ring (bicyclic) bond motifs is 1. The minimum absolute atomic E-state index is 0.0729. The lowest BCUT2D eigenvalue weighted by molar-refractivity contribution is 0.0746. The molecule has 2 saturated heterocycles. The molecule has 3 aromatic heterocycles. The maximum absolute atomic E-state index is 15.6. The molecule has 1 aromatic carbocycles. The number of benzene rings is 1. The molecule has 9 nitrogen and oxygen atoms in total. The van der Waals surface area contributed by atoms with E-state index in [2.05, 4.69) is 20.2 Å². The fourth-order valence-electron chi connectivity index (χ4n) is 5.56. The van der Waals surface area contributed by atoms with E-state index in [1.54, 1.807) is 29.6 Å². The molecule has 212 valence electrons. The van der Waals surface area contributed by atoms with Crippen molar-refractivity contribution in [1.29, 1.82) is 0 Å². The molecule has 5 heterocycles. The van der Waals surface area contributed by atoms with Gasteiger partial charge in [0.2, 0.25) is 0 Å². The van der Waals surface area contributed by atoms with Gasteiger partial charge in [-0.3, -0.25) is 20.1 Å². The third-order valence-corrected chi connectivity index (χ3v) is 7.59. The average molecular weight is 560 g/mol. The first kappa shape index (κ1) is 27.0. The van der Waals surface area contributed by atoms with E-state index < -0.39 is 11.6 Å². The van der Waals surface area contributed by atoms with Crippen LogP contribution >= 0.6 is 0 Å². The number of hydrogen-bond acceptors (Lipinski definition) is 8. The molecule has 1 N–H and O–H groups in total. The summed E-state index contributed by atoms with van der Waals surface area (Å²) in [6.45, 7) is 7.32. The van der Waals surface area contributed by atoms with E-state index >= 15 is 4.39 Å². The van der Waals surface area contributed by atoms with Crippen molar-refractivity contribution >= 4 is 34.0 Å². The number of carbonyl (C=O) groups excluding carboxylic acids is 1. The topological polar surface area (TPSA) is 86.7 Å². The minimum Gasteiger partial charge on any atom is -0.377 e. The van der Waals surface area contributed by atoms with Gasteiger partial charge in [0.05, 0.1) is 47.3 Å². The number of pyridine rings is 3. The first-order valence-electron chi connectivity index (χ1n) is 13.7. The van der Waals surface area contributed by atoms with Gasteiger partial charge in [-0.25, -0.2) is 13.8 Å². The number of halogens is 2. The highest BCUT2D eigenvalue weighted by atomic mass is 19.1. The molecular weight excluding hydrogens is 528 g/mol. The Hall–Kier alpha value is -4.22. The van der Waals surface area contributed by atoms with E-state index in [4.69, 9.17) is 9.72 Å². The third-order valence-electron chi connectivity index (χ3n) is 7.59. The van der Waals surface area contributed by atoms with E-state index in [-0.39, 0.29) is 23.0 Å². The SMILES string of the molecule is Cc1ccc(C(=O)N2CCN(c3nc4cc(F)cc(F)c4c(N(c4cccnc4)C4COCCN4)c3C)CC2)cn1. The smallest absolute Gasteiger partial charge is 0.255 e. The predicted octanol–water partition coefficient (Wildman–Crippen LogP) is 3.97. The number of anilines is 3. The zero-order chi connectivity index (χ0) is 28.5. The molecule has 11 heteroatoms. The Bertz CT molecular complexity index is 1560. The van der Waals surface area contributed by atoms with Crippen LogP contribution in [0.4, 0.5) is 26.0 Å². The summed E-state index contributed by atoms with van der Waals surface area (Å²) in [5.41, 5.74) is 3.66. The van der Waals surface area contributed by atoms with E-state index in [1.165, 1.54) is 6.07 Å². The normalized spacial score (nSPS) is 17.6. The van der Waals surface area contributed by atoms with Crippen molar-refractivity contribution in [2.45, 2.75) is 20.0 Å². The fourth-order valence-corrected chi connectivity index (χ4v) is 5.56. The van der Waals surface area contributed by atoms with Gasteiger partial charge in [-0.05, 0) is 38.1 Å². The quantitative estimate of drug-likeness (QED) is 0.393. The highest BCUT2D eigenvalue weighted by Gasteiger charge is 2.31. The van der Waals surface area contributed by atoms with Crippen molar-refractivity contribution in [1.82, 2.24) is 25.2 Å². The number of rotatable bonds is 5. The fraction of sp³-hybridized carbons (Fsp3) is 0.333. The molecule has 2 fully saturated rings. The van der Waals surface area contributed by atoms with Crippen LogP contribution in [0.2, 0.25) is 0 Å². The van der Waals surface area contributed by atoms with Crippen LogP contribution in [0.3, 0.4) is 0 Å². The Morgan fingerprint density at radius 3 is 2.61 bits per heavy atom. The lowest BCUT2D eigenvalue weighted by atomic mass is 10.0. The minimum atomic E-state index is -0.697. The van der Waals surface area contributed by atoms with Crippen molar-refractivity contribution in [2.24, 2.45) is 0 Å². The lowest BCUT2D eigenvalue weighted by Gasteiger charge is -2.40. The number of piperazine rings is 1. The summed E-state index contributed by atoms with van der Waals surface area (Å²) in [5, 5.41) is 3.69. The number of carbonyl (C=O) groups is 1. The Labute approximate surface area is 236 Å². The van der Waals surface area contributed by atoms with Crippen molar-refractivity contribution in [2.75, 3.05) is 55.7 Å². The second kappa shape index (κ2) is 11.3. The van der Waals surface area contributed by atoms with Gasteiger partial charge in [-0.1, -0.05) is 0 Å². The summed E-state index contributed by atoms with van der Waals surface area (Å²) in [6.07, 6.45) is 4.68. The molecule has 0 bridgehead atoms. The second-order valence-corrected chi connectivity index (χ2v) is 10.3. The van der Waals surface area contributed by atoms with Crippen LogP contribution in [-0.2, 0) is 4.74 Å². The average Bonchev–Trinajstić information content (AvgIpc) is 2.99. The molecule has 0 spiro atoms. The van der Waals surface area contributed by atoms with E-state index in [9.17, 15) is 9.18 Å². The molecule has 0 aliphatic carbocycles. The predicted molar refractivity (Wildman–Crippen MR) is 152 cm³/mol. The molecule has 1 atom stereocenters. The van der Waals surface area contributed by atoms with Gasteiger partial charge in [0.15, 0.2) is 0 Å². The number of aryl methyl sites for hydroxylation is 1. The molecule has 41 heavy (non-hydrogen) atoms. The molecule has 0 saturated carbocycles. The Morgan fingerprint density at radius 2 is 1.93 bits per heavy atom. The molecule has 6 rings (SSSR count). The van der Waals surface area contributed by atoms with Crippen LogP contribution in [0.25, 0.3) is 10.9 Å². The van der Waals surface area contributed by atoms with Crippen LogP contribution in [0.15, 0.2) is 55.0 Å². The van der Waals surface area contributed by atoms with Crippen molar-refractivity contribution in [3.05, 3.63) is 83.4 Å². The largest absolute Gasteiger partial charge is 0.377 e. The molecule has 1 amide bonds. The maximum atomic E-state index is 15.6. The summed E-state index contributed by atoms with van der Waals surface area (Å²) in [6, 6.07) is 9.50. The number of ether oxygens (including phenoxy) is 1. The highest BCUT2D eigenvalue weighted by Crippen LogP contribution is 2.41. The van der Waals surface area contributed by atoms with Crippen LogP contribution in [0.1, 0.15) is 21.6 Å². The monoisotopic (exact) mass is 559 g/mol. The van der Waals surface area contributed by atoms with E-state index in [1.807, 2.05) is 36.9 Å². The van der Waals surface area contributed by atoms with Crippen LogP contribution in [0.5, 0.6) is 0 Å². The number of hydrogen-bond donors (Lipinski definition) is 1. The molecule has 1 unspecified atom stereocenters. The Kier molecular flexibility index (Phi) is 7.46. The number of amides is 1. The third kappa shape index (κ3) is 5.30. The standard InChI is InChI=1S/C30H31F2N7O2/c1-19-5-6-21(16-35-19)30(40)38-11-9-37(10-12-38)29-20(2)28(27-24(32)14-22(31)15-25(27)36-29)39(23-4-3-7-33-17-23)26-18-41-13-8-34-26/h3-7,14-17,26,34H,8-13,18H2,1-2H3. The summed E-state index contributed by atoms with van der Waals surface area (Å²) in [4.78, 5) is 32.3. The first-order chi connectivity index (χ1) is 19.9. The van der Waals surface area contributed by atoms with Gasteiger partial charge in [0.1, 0.15) is 23.6 Å². The Balaban J connectivity index is 1.40. The molecule has 2 aliphatic rings. The molecule has 0 radical (unpaired) electrons. The van der Waals surface area contributed by atoms with E-state index in [0.717, 1.165) is 23.0 Å². The number of nitrogens with zero attached hydrogens (tertiary/aromatic N) is 6. The van der Waals surface area contributed by atoms with Gasteiger partial charge in [-0.15, -0.1) is 0 Å². The van der Waals surface area contributed by atoms with Gasteiger partial charge >= 0.3 is 0 Å². The lowest BCUT2D eigenvalue weighted by Crippen LogP contribution is -2.52. The highest BCUT2D eigenvalue weighted by molar-refractivity contribution is 5.99. The van der Waals surface area contributed by atoms with Crippen molar-refractivity contribution in [3.63, 3.8) is 0 Å². The number of nitrogens with one attached hydrogen (secondary N) is 1. The second-order valence-electron chi connectivity index (χ2n) is 10.3. The van der Waals surface area contributed by atoms with Crippen LogP contribution in [0, 0.1) is 25.5 Å². The van der Waals surface area contributed by atoms with Crippen LogP contribution in [-0.4, -0.2) is 77.9 Å². The summed E-state index contributed by atoms with van der Waals surface area (Å²) >= 11 is 0. The molecular formula is C30H31F2N7O2. The summed E-state index contributed by atoms with van der Waals surface area (Å²) < 4.78 is 35.9.